The Balaban J connectivity index is 0.00000154. The molecule has 1 aromatic carbocycles. The first-order chi connectivity index (χ1) is 9.01. The Bertz CT molecular complexity index is 396. The number of rotatable bonds is 5. The van der Waals surface area contributed by atoms with Crippen molar-refractivity contribution in [2.45, 2.75) is 45.9 Å². The number of ether oxygens (including phenoxy) is 1. The maximum Gasteiger partial charge on any atom is 0.127 e. The van der Waals surface area contributed by atoms with Crippen molar-refractivity contribution in [3.8, 4) is 5.75 Å². The van der Waals surface area contributed by atoms with Crippen molar-refractivity contribution in [3.05, 3.63) is 23.3 Å². The number of hydrogen-bond acceptors (Lipinski definition) is 2. The molecule has 1 atom stereocenters. The molecule has 1 rings (SSSR count). The van der Waals surface area contributed by atoms with Gasteiger partial charge in [-0.1, -0.05) is 20.8 Å². The molecule has 4 heteroatoms. The summed E-state index contributed by atoms with van der Waals surface area (Å²) in [5.74, 6) is 0.818. The van der Waals surface area contributed by atoms with Crippen molar-refractivity contribution >= 4 is 11.0 Å². The van der Waals surface area contributed by atoms with Crippen LogP contribution in [0.3, 0.4) is 0 Å². The summed E-state index contributed by atoms with van der Waals surface area (Å²) in [5.41, 5.74) is 2.03. The van der Waals surface area contributed by atoms with Gasteiger partial charge in [-0.25, -0.2) is 8.51 Å². The lowest BCUT2D eigenvalue weighted by Gasteiger charge is -2.18. The van der Waals surface area contributed by atoms with Gasteiger partial charge in [0.1, 0.15) is 16.7 Å². The van der Waals surface area contributed by atoms with E-state index >= 15 is 0 Å². The van der Waals surface area contributed by atoms with Crippen molar-refractivity contribution < 1.29 is 8.95 Å². The highest BCUT2D eigenvalue weighted by atomic mass is 32.2. The van der Waals surface area contributed by atoms with Crippen molar-refractivity contribution in [2.75, 3.05) is 20.7 Å². The normalized spacial score (nSPS) is 11.8. The van der Waals surface area contributed by atoms with Crippen molar-refractivity contribution in [3.63, 3.8) is 0 Å². The fraction of sp³-hybridized carbons (Fsp3) is 0.600. The third-order valence-electron chi connectivity index (χ3n) is 2.67. The Morgan fingerprint density at radius 3 is 2.05 bits per heavy atom. The van der Waals surface area contributed by atoms with Gasteiger partial charge in [-0.3, -0.25) is 0 Å². The van der Waals surface area contributed by atoms with Gasteiger partial charge in [-0.2, -0.15) is 0 Å². The van der Waals surface area contributed by atoms with Crippen LogP contribution in [0.2, 0.25) is 0 Å². The molecule has 0 N–H and O–H groups in total. The van der Waals surface area contributed by atoms with Gasteiger partial charge in [0.25, 0.3) is 0 Å². The summed E-state index contributed by atoms with van der Waals surface area (Å²) in [6.07, 6.45) is 0.997. The van der Waals surface area contributed by atoms with Crippen LogP contribution in [0.25, 0.3) is 0 Å². The quantitative estimate of drug-likeness (QED) is 0.825. The fourth-order valence-electron chi connectivity index (χ4n) is 1.86. The van der Waals surface area contributed by atoms with Crippen LogP contribution >= 0.6 is 0 Å². The summed E-state index contributed by atoms with van der Waals surface area (Å²) in [7, 11) is 2.45. The SMILES string of the molecule is CC.CCCN(C)S(=O)c1c(C)cc(OC)cc1C. The van der Waals surface area contributed by atoms with Crippen molar-refractivity contribution in [1.82, 2.24) is 4.31 Å². The van der Waals surface area contributed by atoms with Gasteiger partial charge < -0.3 is 4.74 Å². The predicted molar refractivity (Wildman–Crippen MR) is 83.1 cm³/mol. The first-order valence-electron chi connectivity index (χ1n) is 6.79. The largest absolute Gasteiger partial charge is 0.497 e. The molecule has 110 valence electrons. The maximum absolute atomic E-state index is 12.4. The van der Waals surface area contributed by atoms with E-state index in [4.69, 9.17) is 4.74 Å². The van der Waals surface area contributed by atoms with E-state index in [-0.39, 0.29) is 0 Å². The molecule has 0 saturated carbocycles. The number of hydrogen-bond donors (Lipinski definition) is 0. The molecular formula is C15H27NO2S. The van der Waals surface area contributed by atoms with Gasteiger partial charge >= 0.3 is 0 Å². The standard InChI is InChI=1S/C13H21NO2S.C2H6/c1-6-7-14(4)17(15)13-10(2)8-12(16-5)9-11(13)3;1-2/h8-9H,6-7H2,1-5H3;1-2H3. The highest BCUT2D eigenvalue weighted by Gasteiger charge is 2.16. The molecular weight excluding hydrogens is 258 g/mol. The lowest BCUT2D eigenvalue weighted by atomic mass is 10.1. The molecule has 0 radical (unpaired) electrons. The molecule has 19 heavy (non-hydrogen) atoms. The molecule has 0 fully saturated rings. The first kappa shape index (κ1) is 18.1. The lowest BCUT2D eigenvalue weighted by molar-refractivity contribution is 0.413. The summed E-state index contributed by atoms with van der Waals surface area (Å²) in [5, 5.41) is 0. The van der Waals surface area contributed by atoms with Crippen LogP contribution in [0.5, 0.6) is 5.75 Å². The summed E-state index contributed by atoms with van der Waals surface area (Å²) >= 11 is 0. The van der Waals surface area contributed by atoms with E-state index in [1.807, 2.05) is 51.2 Å². The van der Waals surface area contributed by atoms with Crippen molar-refractivity contribution in [2.24, 2.45) is 0 Å². The topological polar surface area (TPSA) is 29.5 Å². The smallest absolute Gasteiger partial charge is 0.127 e. The Morgan fingerprint density at radius 1 is 1.21 bits per heavy atom. The number of benzene rings is 1. The van der Waals surface area contributed by atoms with E-state index in [2.05, 4.69) is 6.92 Å². The molecule has 0 spiro atoms. The molecule has 0 amide bonds. The summed E-state index contributed by atoms with van der Waals surface area (Å²) in [6.45, 7) is 10.9. The lowest BCUT2D eigenvalue weighted by Crippen LogP contribution is -2.23. The zero-order chi connectivity index (χ0) is 15.0. The third-order valence-corrected chi connectivity index (χ3v) is 4.41. The van der Waals surface area contributed by atoms with E-state index in [0.717, 1.165) is 34.7 Å². The second kappa shape index (κ2) is 9.10. The summed E-state index contributed by atoms with van der Waals surface area (Å²) in [6, 6.07) is 3.86. The monoisotopic (exact) mass is 285 g/mol. The Morgan fingerprint density at radius 2 is 1.68 bits per heavy atom. The van der Waals surface area contributed by atoms with Crippen LogP contribution in [-0.4, -0.2) is 29.2 Å². The van der Waals surface area contributed by atoms with Crippen LogP contribution in [-0.2, 0) is 11.0 Å². The van der Waals surface area contributed by atoms with E-state index in [9.17, 15) is 4.21 Å². The van der Waals surface area contributed by atoms with E-state index < -0.39 is 11.0 Å². The zero-order valence-corrected chi connectivity index (χ0v) is 14.1. The number of methoxy groups -OCH3 is 1. The second-order valence-electron chi connectivity index (χ2n) is 4.19. The zero-order valence-electron chi connectivity index (χ0n) is 13.2. The molecule has 1 aromatic rings. The molecule has 0 aliphatic rings. The van der Waals surface area contributed by atoms with E-state index in [0.29, 0.717) is 0 Å². The Labute approximate surface area is 120 Å². The van der Waals surface area contributed by atoms with Gasteiger partial charge in [0.05, 0.1) is 12.0 Å². The second-order valence-corrected chi connectivity index (χ2v) is 5.72. The first-order valence-corrected chi connectivity index (χ1v) is 7.90. The molecule has 0 saturated heterocycles. The van der Waals surface area contributed by atoms with Gasteiger partial charge in [0.15, 0.2) is 0 Å². The summed E-state index contributed by atoms with van der Waals surface area (Å²) < 4.78 is 19.5. The summed E-state index contributed by atoms with van der Waals surface area (Å²) in [4.78, 5) is 0.904. The minimum absolute atomic E-state index is 0.818. The minimum Gasteiger partial charge on any atom is -0.497 e. The van der Waals surface area contributed by atoms with Crippen LogP contribution in [0.4, 0.5) is 0 Å². The van der Waals surface area contributed by atoms with Crippen molar-refractivity contribution in [1.29, 1.82) is 0 Å². The Kier molecular flexibility index (Phi) is 8.68. The molecule has 0 aliphatic heterocycles. The van der Waals surface area contributed by atoms with Gasteiger partial charge in [-0.15, -0.1) is 0 Å². The van der Waals surface area contributed by atoms with Gasteiger partial charge in [0, 0.05) is 13.6 Å². The van der Waals surface area contributed by atoms with E-state index in [1.165, 1.54) is 0 Å². The average molecular weight is 285 g/mol. The van der Waals surface area contributed by atoms with Gasteiger partial charge in [-0.05, 0) is 43.5 Å². The van der Waals surface area contributed by atoms with Crippen LogP contribution in [0, 0.1) is 13.8 Å². The molecule has 0 bridgehead atoms. The van der Waals surface area contributed by atoms with Gasteiger partial charge in [0.2, 0.25) is 0 Å². The molecule has 3 nitrogen and oxygen atoms in total. The molecule has 0 heterocycles. The maximum atomic E-state index is 12.4. The minimum atomic E-state index is -1.08. The average Bonchev–Trinajstić information content (AvgIpc) is 2.40. The molecule has 1 unspecified atom stereocenters. The highest BCUT2D eigenvalue weighted by molar-refractivity contribution is 7.82. The number of aryl methyl sites for hydroxylation is 2. The Hall–Kier alpha value is -0.870. The van der Waals surface area contributed by atoms with Crippen LogP contribution < -0.4 is 4.74 Å². The molecule has 0 aliphatic carbocycles. The van der Waals surface area contributed by atoms with Crippen LogP contribution in [0.15, 0.2) is 17.0 Å². The number of nitrogens with zero attached hydrogens (tertiary/aromatic N) is 1. The highest BCUT2D eigenvalue weighted by Crippen LogP contribution is 2.25. The predicted octanol–water partition coefficient (Wildman–Crippen LogP) is 3.70. The third kappa shape index (κ3) is 4.96. The fourth-order valence-corrected chi connectivity index (χ4v) is 3.19. The van der Waals surface area contributed by atoms with Crippen LogP contribution in [0.1, 0.15) is 38.3 Å². The van der Waals surface area contributed by atoms with E-state index in [1.54, 1.807) is 7.11 Å². The molecule has 0 aromatic heterocycles.